The number of fused-ring (bicyclic) bond motifs is 7. The second kappa shape index (κ2) is 11.9. The minimum Gasteiger partial charge on any atom is -0.309 e. The number of hydrogen-bond acceptors (Lipinski definition) is 4. The van der Waals surface area contributed by atoms with Gasteiger partial charge in [-0.3, -0.25) is 4.98 Å². The summed E-state index contributed by atoms with van der Waals surface area (Å²) in [6.45, 7) is 0.0223. The van der Waals surface area contributed by atoms with Gasteiger partial charge in [-0.25, -0.2) is 0 Å². The van der Waals surface area contributed by atoms with Gasteiger partial charge in [0, 0.05) is 22.5 Å². The summed E-state index contributed by atoms with van der Waals surface area (Å²) < 4.78 is 0. The SMILES string of the molecule is c1ccc(N2c3ccccc3Sc3c2cc2c4c3N(c3cccnc3)c3ccccc3B4c3ccccc3C2(c2ccccc2)c2ccccc2)cc1. The molecule has 1 aromatic heterocycles. The van der Waals surface area contributed by atoms with Crippen molar-refractivity contribution < 1.29 is 0 Å². The van der Waals surface area contributed by atoms with Crippen molar-refractivity contribution in [2.45, 2.75) is 15.2 Å². The molecule has 3 aliphatic rings. The molecule has 0 amide bonds. The summed E-state index contributed by atoms with van der Waals surface area (Å²) in [5.41, 5.74) is 15.5. The molecule has 3 aliphatic heterocycles. The van der Waals surface area contributed by atoms with Crippen LogP contribution in [0.5, 0.6) is 0 Å². The normalized spacial score (nSPS) is 14.4. The smallest absolute Gasteiger partial charge is 0.247 e. The number of benzene rings is 7. The molecule has 0 bridgehead atoms. The number of rotatable bonds is 4. The van der Waals surface area contributed by atoms with Crippen LogP contribution in [0.1, 0.15) is 22.3 Å². The standard InChI is InChI=1S/C48H32BN3S/c1-4-17-33(18-5-1)48(34-19-6-2-7-20-34)37-24-10-11-25-39(37)49-40-26-12-13-27-41(40)52(36-23-16-30-50-32-36)46-45(49)38(48)31-43-47(46)53-44-29-15-14-28-42(44)51(43)35-21-8-3-9-22-35/h1-32H. The maximum absolute atomic E-state index is 4.69. The molecule has 4 heterocycles. The van der Waals surface area contributed by atoms with Crippen LogP contribution < -0.4 is 26.2 Å². The second-order valence-electron chi connectivity index (χ2n) is 13.9. The van der Waals surface area contributed by atoms with Crippen molar-refractivity contribution in [3.63, 3.8) is 0 Å². The van der Waals surface area contributed by atoms with Crippen LogP contribution in [0.2, 0.25) is 0 Å². The Labute approximate surface area is 314 Å². The Morgan fingerprint density at radius 2 is 1.09 bits per heavy atom. The van der Waals surface area contributed by atoms with E-state index in [1.54, 1.807) is 0 Å². The van der Waals surface area contributed by atoms with Crippen molar-refractivity contribution in [1.29, 1.82) is 0 Å². The summed E-state index contributed by atoms with van der Waals surface area (Å²) in [5.74, 6) is 0. The molecule has 11 rings (SSSR count). The maximum atomic E-state index is 4.69. The number of aromatic nitrogens is 1. The molecule has 0 unspecified atom stereocenters. The van der Waals surface area contributed by atoms with Crippen molar-refractivity contribution in [3.05, 3.63) is 217 Å². The number of para-hydroxylation sites is 3. The zero-order valence-electron chi connectivity index (χ0n) is 28.8. The largest absolute Gasteiger partial charge is 0.309 e. The third kappa shape index (κ3) is 4.29. The van der Waals surface area contributed by atoms with Gasteiger partial charge in [-0.15, -0.1) is 0 Å². The Morgan fingerprint density at radius 3 is 1.81 bits per heavy atom. The summed E-state index contributed by atoms with van der Waals surface area (Å²) in [6.07, 6.45) is 3.88. The molecule has 0 saturated heterocycles. The van der Waals surface area contributed by atoms with Gasteiger partial charge in [0.25, 0.3) is 0 Å². The maximum Gasteiger partial charge on any atom is 0.247 e. The summed E-state index contributed by atoms with van der Waals surface area (Å²) in [5, 5.41) is 0. The minimum atomic E-state index is -0.606. The molecule has 7 aromatic carbocycles. The molecular formula is C48H32BN3S. The van der Waals surface area contributed by atoms with E-state index in [1.807, 2.05) is 24.2 Å². The van der Waals surface area contributed by atoms with Gasteiger partial charge in [0.15, 0.2) is 0 Å². The summed E-state index contributed by atoms with van der Waals surface area (Å²) >= 11 is 1.88. The first-order valence-corrected chi connectivity index (χ1v) is 19.0. The average Bonchev–Trinajstić information content (AvgIpc) is 3.24. The first-order chi connectivity index (χ1) is 26.3. The monoisotopic (exact) mass is 693 g/mol. The molecule has 0 saturated carbocycles. The van der Waals surface area contributed by atoms with Crippen LogP contribution in [-0.2, 0) is 5.41 Å². The summed E-state index contributed by atoms with van der Waals surface area (Å²) in [4.78, 5) is 12.1. The van der Waals surface area contributed by atoms with E-state index >= 15 is 0 Å². The summed E-state index contributed by atoms with van der Waals surface area (Å²) in [6, 6.07) is 67.0. The van der Waals surface area contributed by atoms with E-state index in [2.05, 4.69) is 192 Å². The van der Waals surface area contributed by atoms with Crippen molar-refractivity contribution in [2.24, 2.45) is 0 Å². The highest BCUT2D eigenvalue weighted by Gasteiger charge is 2.53. The predicted octanol–water partition coefficient (Wildman–Crippen LogP) is 10.0. The van der Waals surface area contributed by atoms with E-state index < -0.39 is 5.41 Å². The van der Waals surface area contributed by atoms with Gasteiger partial charge in [0.05, 0.1) is 39.3 Å². The van der Waals surface area contributed by atoms with Crippen LogP contribution in [0.25, 0.3) is 0 Å². The zero-order valence-corrected chi connectivity index (χ0v) is 29.6. The molecule has 8 aromatic rings. The zero-order chi connectivity index (χ0) is 34.9. The molecule has 5 heteroatoms. The van der Waals surface area contributed by atoms with Gasteiger partial charge in [-0.2, -0.15) is 0 Å². The van der Waals surface area contributed by atoms with Crippen LogP contribution >= 0.6 is 11.8 Å². The van der Waals surface area contributed by atoms with E-state index in [1.165, 1.54) is 71.2 Å². The van der Waals surface area contributed by atoms with Gasteiger partial charge in [-0.1, -0.05) is 151 Å². The van der Waals surface area contributed by atoms with Crippen LogP contribution in [0, 0.1) is 0 Å². The van der Waals surface area contributed by atoms with Gasteiger partial charge in [-0.05, 0) is 81.7 Å². The molecule has 0 N–H and O–H groups in total. The Morgan fingerprint density at radius 1 is 0.491 bits per heavy atom. The number of pyridine rings is 1. The lowest BCUT2D eigenvalue weighted by Crippen LogP contribution is -2.65. The van der Waals surface area contributed by atoms with Crippen molar-refractivity contribution in [2.75, 3.05) is 9.80 Å². The first-order valence-electron chi connectivity index (χ1n) is 18.2. The predicted molar refractivity (Wildman–Crippen MR) is 221 cm³/mol. The van der Waals surface area contributed by atoms with E-state index in [0.717, 1.165) is 11.4 Å². The van der Waals surface area contributed by atoms with E-state index in [4.69, 9.17) is 4.98 Å². The highest BCUT2D eigenvalue weighted by molar-refractivity contribution is 8.00. The average molecular weight is 694 g/mol. The van der Waals surface area contributed by atoms with E-state index in [0.29, 0.717) is 0 Å². The van der Waals surface area contributed by atoms with Crippen molar-refractivity contribution in [1.82, 2.24) is 4.98 Å². The van der Waals surface area contributed by atoms with Crippen LogP contribution in [0.15, 0.2) is 204 Å². The number of anilines is 6. The molecule has 0 radical (unpaired) electrons. The Balaban J connectivity index is 1.38. The number of hydrogen-bond donors (Lipinski definition) is 0. The van der Waals surface area contributed by atoms with E-state index in [9.17, 15) is 0 Å². The van der Waals surface area contributed by atoms with Crippen molar-refractivity contribution >= 4 is 69.0 Å². The summed E-state index contributed by atoms with van der Waals surface area (Å²) in [7, 11) is 0. The second-order valence-corrected chi connectivity index (χ2v) is 14.9. The third-order valence-corrected chi connectivity index (χ3v) is 12.4. The lowest BCUT2D eigenvalue weighted by atomic mass is 9.29. The van der Waals surface area contributed by atoms with Gasteiger partial charge in [0.2, 0.25) is 6.71 Å². The Kier molecular flexibility index (Phi) is 6.80. The molecular weight excluding hydrogens is 661 g/mol. The van der Waals surface area contributed by atoms with Gasteiger partial charge >= 0.3 is 0 Å². The fourth-order valence-corrected chi connectivity index (χ4v) is 10.4. The van der Waals surface area contributed by atoms with E-state index in [-0.39, 0.29) is 6.71 Å². The fourth-order valence-electron chi connectivity index (χ4n) is 9.25. The van der Waals surface area contributed by atoms with Crippen LogP contribution in [0.4, 0.5) is 34.1 Å². The fraction of sp³-hybridized carbons (Fsp3) is 0.0208. The third-order valence-electron chi connectivity index (χ3n) is 11.2. The minimum absolute atomic E-state index is 0.0223. The van der Waals surface area contributed by atoms with Crippen LogP contribution in [-0.4, -0.2) is 11.7 Å². The Bertz CT molecular complexity index is 2630. The Hall–Kier alpha value is -6.30. The molecule has 3 nitrogen and oxygen atoms in total. The molecule has 0 spiro atoms. The highest BCUT2D eigenvalue weighted by atomic mass is 32.2. The number of nitrogens with zero attached hydrogens (tertiary/aromatic N) is 3. The molecule has 0 atom stereocenters. The van der Waals surface area contributed by atoms with Crippen molar-refractivity contribution in [3.8, 4) is 0 Å². The molecule has 0 aliphatic carbocycles. The lowest BCUT2D eigenvalue weighted by Gasteiger charge is -2.50. The van der Waals surface area contributed by atoms with Crippen LogP contribution in [0.3, 0.4) is 0 Å². The first kappa shape index (κ1) is 30.3. The quantitative estimate of drug-likeness (QED) is 0.171. The topological polar surface area (TPSA) is 19.4 Å². The van der Waals surface area contributed by atoms with Gasteiger partial charge < -0.3 is 9.80 Å². The molecule has 248 valence electrons. The lowest BCUT2D eigenvalue weighted by molar-refractivity contribution is 0.749. The molecule has 0 fully saturated rings. The highest BCUT2D eigenvalue weighted by Crippen LogP contribution is 2.59. The molecule has 53 heavy (non-hydrogen) atoms. The van der Waals surface area contributed by atoms with Gasteiger partial charge in [0.1, 0.15) is 0 Å².